The quantitative estimate of drug-likeness (QED) is 0.660. The fourth-order valence-corrected chi connectivity index (χ4v) is 4.61. The Balaban J connectivity index is 1.18. The Kier molecular flexibility index (Phi) is 7.93. The van der Waals surface area contributed by atoms with Gasteiger partial charge in [0, 0.05) is 71.4 Å². The van der Waals surface area contributed by atoms with E-state index >= 15 is 0 Å². The van der Waals surface area contributed by atoms with E-state index in [1.165, 1.54) is 0 Å². The average molecular weight is 432 g/mol. The summed E-state index contributed by atoms with van der Waals surface area (Å²) in [5, 5.41) is 3.13. The van der Waals surface area contributed by atoms with Crippen LogP contribution in [0.1, 0.15) is 19.8 Å². The lowest BCUT2D eigenvalue weighted by Crippen LogP contribution is -2.46. The molecule has 3 aliphatic rings. The van der Waals surface area contributed by atoms with Gasteiger partial charge in [-0.3, -0.25) is 9.69 Å². The fraction of sp³-hybridized carbons (Fsp3) is 0.773. The Bertz CT molecular complexity index is 680. The van der Waals surface area contributed by atoms with Gasteiger partial charge in [0.25, 0.3) is 0 Å². The van der Waals surface area contributed by atoms with Gasteiger partial charge in [-0.1, -0.05) is 6.92 Å². The molecule has 4 rings (SSSR count). The van der Waals surface area contributed by atoms with Crippen LogP contribution in [-0.4, -0.2) is 111 Å². The summed E-state index contributed by atoms with van der Waals surface area (Å²) in [6.07, 6.45) is 5.64. The smallest absolute Gasteiger partial charge is 0.225 e. The maximum Gasteiger partial charge on any atom is 0.225 e. The highest BCUT2D eigenvalue weighted by atomic mass is 16.5. The maximum atomic E-state index is 12.5. The number of nitrogens with zero attached hydrogens (tertiary/aromatic N) is 6. The molecule has 0 spiro atoms. The van der Waals surface area contributed by atoms with Crippen molar-refractivity contribution in [2.24, 2.45) is 5.92 Å². The molecule has 0 unspecified atom stereocenters. The minimum Gasteiger partial charge on any atom is -0.379 e. The molecule has 1 aromatic heterocycles. The summed E-state index contributed by atoms with van der Waals surface area (Å²) in [5.41, 5.74) is 1.06. The number of carbonyl (C=O) groups is 1. The second-order valence-electron chi connectivity index (χ2n) is 8.67. The van der Waals surface area contributed by atoms with Gasteiger partial charge in [0.2, 0.25) is 11.9 Å². The summed E-state index contributed by atoms with van der Waals surface area (Å²) >= 11 is 0. The summed E-state index contributed by atoms with van der Waals surface area (Å²) in [4.78, 5) is 31.2. The van der Waals surface area contributed by atoms with Gasteiger partial charge in [0.15, 0.2) is 0 Å². The Hall–Kier alpha value is -1.97. The van der Waals surface area contributed by atoms with Crippen LogP contribution in [-0.2, 0) is 9.53 Å². The molecule has 172 valence electrons. The first-order chi connectivity index (χ1) is 15.2. The van der Waals surface area contributed by atoms with Gasteiger partial charge in [0.1, 0.15) is 0 Å². The van der Waals surface area contributed by atoms with Gasteiger partial charge in [-0.25, -0.2) is 9.97 Å². The highest BCUT2D eigenvalue weighted by Gasteiger charge is 2.26. The fourth-order valence-electron chi connectivity index (χ4n) is 4.61. The normalized spacial score (nSPS) is 22.0. The van der Waals surface area contributed by atoms with Crippen LogP contribution in [0, 0.1) is 5.92 Å². The van der Waals surface area contributed by atoms with E-state index < -0.39 is 0 Å². The van der Waals surface area contributed by atoms with Crippen LogP contribution in [0.3, 0.4) is 0 Å². The molecule has 0 aromatic carbocycles. The van der Waals surface area contributed by atoms with E-state index in [-0.39, 0.29) is 11.8 Å². The number of anilines is 2. The molecular formula is C22H37N7O2. The summed E-state index contributed by atoms with van der Waals surface area (Å²) in [6.45, 7) is 14.3. The monoisotopic (exact) mass is 431 g/mol. The van der Waals surface area contributed by atoms with Gasteiger partial charge in [-0.05, 0) is 19.4 Å². The number of piperidine rings is 1. The molecule has 0 radical (unpaired) electrons. The maximum absolute atomic E-state index is 12.5. The van der Waals surface area contributed by atoms with Crippen LogP contribution in [0.25, 0.3) is 0 Å². The Morgan fingerprint density at radius 1 is 0.968 bits per heavy atom. The van der Waals surface area contributed by atoms with Crippen LogP contribution < -0.4 is 15.1 Å². The van der Waals surface area contributed by atoms with Gasteiger partial charge in [-0.2, -0.15) is 0 Å². The van der Waals surface area contributed by atoms with Crippen LogP contribution in [0.2, 0.25) is 0 Å². The number of aromatic nitrogens is 2. The minimum absolute atomic E-state index is 0.107. The lowest BCUT2D eigenvalue weighted by molar-refractivity contribution is -0.125. The molecule has 1 aromatic rings. The number of piperazine rings is 1. The summed E-state index contributed by atoms with van der Waals surface area (Å²) in [7, 11) is 0. The van der Waals surface area contributed by atoms with E-state index in [9.17, 15) is 4.79 Å². The summed E-state index contributed by atoms with van der Waals surface area (Å²) in [5.74, 6) is 1.13. The molecule has 1 N–H and O–H groups in total. The molecule has 3 fully saturated rings. The van der Waals surface area contributed by atoms with Crippen molar-refractivity contribution in [1.29, 1.82) is 0 Å². The number of morpholine rings is 1. The first-order valence-corrected chi connectivity index (χ1v) is 11.8. The van der Waals surface area contributed by atoms with Crippen LogP contribution in [0.15, 0.2) is 12.4 Å². The largest absolute Gasteiger partial charge is 0.379 e. The lowest BCUT2D eigenvalue weighted by atomic mass is 9.95. The van der Waals surface area contributed by atoms with Crippen molar-refractivity contribution in [3.63, 3.8) is 0 Å². The van der Waals surface area contributed by atoms with E-state index in [4.69, 9.17) is 4.74 Å². The lowest BCUT2D eigenvalue weighted by Gasteiger charge is -2.35. The second kappa shape index (κ2) is 11.1. The van der Waals surface area contributed by atoms with Crippen LogP contribution >= 0.6 is 0 Å². The molecule has 0 bridgehead atoms. The van der Waals surface area contributed by atoms with Crippen molar-refractivity contribution >= 4 is 17.5 Å². The van der Waals surface area contributed by atoms with Gasteiger partial charge < -0.3 is 24.8 Å². The van der Waals surface area contributed by atoms with Gasteiger partial charge in [0.05, 0.1) is 31.3 Å². The van der Waals surface area contributed by atoms with Crippen molar-refractivity contribution in [2.75, 3.05) is 95.0 Å². The SMILES string of the molecule is CCN1CCN(c2ncc(N3CCC(C(=O)NCCN4CCOCC4)CC3)cn2)CC1. The summed E-state index contributed by atoms with van der Waals surface area (Å²) < 4.78 is 5.37. The van der Waals surface area contributed by atoms with Gasteiger partial charge >= 0.3 is 0 Å². The molecule has 31 heavy (non-hydrogen) atoms. The first kappa shape index (κ1) is 22.2. The first-order valence-electron chi connectivity index (χ1n) is 11.8. The second-order valence-corrected chi connectivity index (χ2v) is 8.67. The topological polar surface area (TPSA) is 77.1 Å². The molecular weight excluding hydrogens is 394 g/mol. The predicted octanol–water partition coefficient (Wildman–Crippen LogP) is 0.283. The van der Waals surface area contributed by atoms with E-state index in [1.54, 1.807) is 0 Å². The number of amides is 1. The number of hydrogen-bond donors (Lipinski definition) is 1. The zero-order valence-electron chi connectivity index (χ0n) is 18.8. The molecule has 0 saturated carbocycles. The molecule has 9 nitrogen and oxygen atoms in total. The van der Waals surface area contributed by atoms with Crippen LogP contribution in [0.5, 0.6) is 0 Å². The molecule has 0 atom stereocenters. The number of ether oxygens (including phenoxy) is 1. The number of hydrogen-bond acceptors (Lipinski definition) is 8. The zero-order chi connectivity index (χ0) is 21.5. The van der Waals surface area contributed by atoms with Crippen molar-refractivity contribution in [3.8, 4) is 0 Å². The average Bonchev–Trinajstić information content (AvgIpc) is 2.85. The summed E-state index contributed by atoms with van der Waals surface area (Å²) in [6, 6.07) is 0. The van der Waals surface area contributed by atoms with E-state index in [2.05, 4.69) is 41.8 Å². The standard InChI is InChI=1S/C22H37N7O2/c1-2-26-9-11-29(12-10-26)22-24-17-20(18-25-22)28-6-3-19(4-7-28)21(30)23-5-8-27-13-15-31-16-14-27/h17-19H,2-16H2,1H3,(H,23,30). The van der Waals surface area contributed by atoms with Crippen LogP contribution in [0.4, 0.5) is 11.6 Å². The third-order valence-corrected chi connectivity index (χ3v) is 6.79. The zero-order valence-corrected chi connectivity index (χ0v) is 18.8. The third kappa shape index (κ3) is 6.05. The van der Waals surface area contributed by atoms with Crippen molar-refractivity contribution < 1.29 is 9.53 Å². The highest BCUT2D eigenvalue weighted by molar-refractivity contribution is 5.79. The van der Waals surface area contributed by atoms with Crippen molar-refractivity contribution in [3.05, 3.63) is 12.4 Å². The Morgan fingerprint density at radius 3 is 2.29 bits per heavy atom. The third-order valence-electron chi connectivity index (χ3n) is 6.79. The number of nitrogens with one attached hydrogen (secondary N) is 1. The molecule has 4 heterocycles. The Morgan fingerprint density at radius 2 is 1.65 bits per heavy atom. The minimum atomic E-state index is 0.107. The van der Waals surface area contributed by atoms with Crippen molar-refractivity contribution in [2.45, 2.75) is 19.8 Å². The van der Waals surface area contributed by atoms with Crippen molar-refractivity contribution in [1.82, 2.24) is 25.1 Å². The molecule has 3 aliphatic heterocycles. The van der Waals surface area contributed by atoms with Gasteiger partial charge in [-0.15, -0.1) is 0 Å². The number of rotatable bonds is 7. The number of carbonyl (C=O) groups excluding carboxylic acids is 1. The van der Waals surface area contributed by atoms with E-state index in [0.717, 1.165) is 110 Å². The molecule has 0 aliphatic carbocycles. The molecule has 3 saturated heterocycles. The Labute approximate surface area is 185 Å². The molecule has 1 amide bonds. The van der Waals surface area contributed by atoms with E-state index in [1.807, 2.05) is 12.4 Å². The molecule has 9 heteroatoms. The highest BCUT2D eigenvalue weighted by Crippen LogP contribution is 2.23. The predicted molar refractivity (Wildman–Crippen MR) is 122 cm³/mol. The van der Waals surface area contributed by atoms with E-state index in [0.29, 0.717) is 0 Å². The number of likely N-dealkylation sites (N-methyl/N-ethyl adjacent to an activating group) is 1.